The SMILES string of the molecule is O=S(=O)(O)c1cc(O)c2c(O)c(N=Nc3c(S(=O)(=O)O)c(S(=O)(=O)O)cc4cccc(O)c34)c(S(=O)(=O)O)cc2c1. The second-order valence-corrected chi connectivity index (χ2v) is 13.7. The van der Waals surface area contributed by atoms with Gasteiger partial charge in [-0.1, -0.05) is 12.1 Å². The average molecular weight is 651 g/mol. The largest absolute Gasteiger partial charge is 0.507 e. The zero-order valence-corrected chi connectivity index (χ0v) is 22.7. The molecule has 41 heavy (non-hydrogen) atoms. The van der Waals surface area contributed by atoms with Gasteiger partial charge in [0.1, 0.15) is 37.6 Å². The Morgan fingerprint density at radius 1 is 0.537 bits per heavy atom. The number of benzene rings is 4. The molecule has 0 amide bonds. The monoisotopic (exact) mass is 650 g/mol. The first-order valence-electron chi connectivity index (χ1n) is 10.3. The van der Waals surface area contributed by atoms with E-state index in [4.69, 9.17) is 0 Å². The molecule has 0 saturated carbocycles. The van der Waals surface area contributed by atoms with Gasteiger partial charge in [0, 0.05) is 6.07 Å². The summed E-state index contributed by atoms with van der Waals surface area (Å²) in [5.41, 5.74) is -2.40. The molecule has 218 valence electrons. The molecule has 0 fully saturated rings. The van der Waals surface area contributed by atoms with Gasteiger partial charge in [0.2, 0.25) is 0 Å². The Morgan fingerprint density at radius 2 is 1.10 bits per heavy atom. The lowest BCUT2D eigenvalue weighted by Gasteiger charge is -2.13. The molecular weight excluding hydrogens is 636 g/mol. The van der Waals surface area contributed by atoms with Gasteiger partial charge in [0.25, 0.3) is 40.5 Å². The van der Waals surface area contributed by atoms with Gasteiger partial charge in [-0.2, -0.15) is 33.7 Å². The molecule has 0 unspecified atom stereocenters. The Hall–Kier alpha value is -3.96. The molecule has 7 N–H and O–H groups in total. The lowest BCUT2D eigenvalue weighted by Crippen LogP contribution is -2.09. The first-order chi connectivity index (χ1) is 18.6. The van der Waals surface area contributed by atoms with Crippen molar-refractivity contribution in [2.75, 3.05) is 0 Å². The molecule has 21 heteroatoms. The van der Waals surface area contributed by atoms with Crippen molar-refractivity contribution < 1.29 is 67.2 Å². The average Bonchev–Trinajstić information content (AvgIpc) is 2.79. The van der Waals surface area contributed by atoms with E-state index in [1.54, 1.807) is 0 Å². The highest BCUT2D eigenvalue weighted by molar-refractivity contribution is 7.89. The molecule has 0 saturated heterocycles. The van der Waals surface area contributed by atoms with E-state index in [2.05, 4.69) is 10.2 Å². The third kappa shape index (κ3) is 5.51. The van der Waals surface area contributed by atoms with Gasteiger partial charge in [-0.3, -0.25) is 18.2 Å². The number of fused-ring (bicyclic) bond motifs is 2. The fourth-order valence-corrected chi connectivity index (χ4v) is 7.02. The quantitative estimate of drug-likeness (QED) is 0.116. The zero-order chi connectivity index (χ0) is 30.9. The van der Waals surface area contributed by atoms with Gasteiger partial charge in [0.05, 0.1) is 15.7 Å². The van der Waals surface area contributed by atoms with Gasteiger partial charge in [-0.25, -0.2) is 0 Å². The van der Waals surface area contributed by atoms with Crippen molar-refractivity contribution in [2.45, 2.75) is 19.6 Å². The molecule has 0 radical (unpaired) electrons. The molecule has 0 bridgehead atoms. The van der Waals surface area contributed by atoms with Crippen LogP contribution in [0.1, 0.15) is 0 Å². The fraction of sp³-hybridized carbons (Fsp3) is 0. The third-order valence-corrected chi connectivity index (χ3v) is 9.14. The van der Waals surface area contributed by atoms with Crippen LogP contribution in [0.15, 0.2) is 72.3 Å². The van der Waals surface area contributed by atoms with Gasteiger partial charge >= 0.3 is 0 Å². The summed E-state index contributed by atoms with van der Waals surface area (Å²) in [4.78, 5) is -5.31. The van der Waals surface area contributed by atoms with E-state index in [-0.39, 0.29) is 5.39 Å². The Balaban J connectivity index is 2.20. The smallest absolute Gasteiger partial charge is 0.298 e. The maximum atomic E-state index is 12.2. The van der Waals surface area contributed by atoms with Crippen LogP contribution < -0.4 is 0 Å². The van der Waals surface area contributed by atoms with Crippen LogP contribution in [0.25, 0.3) is 21.5 Å². The van der Waals surface area contributed by atoms with E-state index in [0.717, 1.165) is 12.1 Å². The number of hydrogen-bond donors (Lipinski definition) is 7. The van der Waals surface area contributed by atoms with Crippen LogP contribution in [0, 0.1) is 0 Å². The van der Waals surface area contributed by atoms with Crippen LogP contribution >= 0.6 is 0 Å². The molecular formula is C20H14N2O15S4. The maximum absolute atomic E-state index is 12.2. The fourth-order valence-electron chi connectivity index (χ4n) is 3.89. The van der Waals surface area contributed by atoms with Crippen LogP contribution in [-0.2, 0) is 40.5 Å². The molecule has 4 aromatic rings. The van der Waals surface area contributed by atoms with Crippen molar-refractivity contribution in [1.82, 2.24) is 0 Å². The summed E-state index contributed by atoms with van der Waals surface area (Å²) in [6.45, 7) is 0. The lowest BCUT2D eigenvalue weighted by atomic mass is 10.1. The molecule has 4 aromatic carbocycles. The standard InChI is InChI=1S/C20H14N2O15S4/c23-11-3-1-2-8-5-14(40(32,33)34)20(41(35,36)37)18(15(8)11)22-21-17-13(39(29,30)31)6-9-4-10(38(26,27)28)7-12(24)16(9)19(17)25/h1-7,23-25H,(H,26,27,28)(H,29,30,31)(H,32,33,34)(H,35,36,37). The minimum atomic E-state index is -5.62. The van der Waals surface area contributed by atoms with Crippen LogP contribution in [0.4, 0.5) is 11.4 Å². The minimum absolute atomic E-state index is 0.285. The van der Waals surface area contributed by atoms with Crippen molar-refractivity contribution in [3.63, 3.8) is 0 Å². The normalized spacial score (nSPS) is 13.4. The molecule has 0 aromatic heterocycles. The summed E-state index contributed by atoms with van der Waals surface area (Å²) >= 11 is 0. The van der Waals surface area contributed by atoms with Gasteiger partial charge < -0.3 is 15.3 Å². The number of hydrogen-bond acceptors (Lipinski definition) is 13. The summed E-state index contributed by atoms with van der Waals surface area (Å²) in [6.07, 6.45) is 0. The topological polar surface area (TPSA) is 303 Å². The Kier molecular flexibility index (Phi) is 7.00. The molecule has 17 nitrogen and oxygen atoms in total. The van der Waals surface area contributed by atoms with E-state index in [1.165, 1.54) is 6.07 Å². The molecule has 0 aliphatic heterocycles. The first-order valence-corrected chi connectivity index (χ1v) is 16.0. The van der Waals surface area contributed by atoms with Crippen LogP contribution in [0.3, 0.4) is 0 Å². The van der Waals surface area contributed by atoms with E-state index in [1.807, 2.05) is 0 Å². The summed E-state index contributed by atoms with van der Waals surface area (Å²) < 4.78 is 134. The second-order valence-electron chi connectivity index (χ2n) is 8.14. The summed E-state index contributed by atoms with van der Waals surface area (Å²) in [5.74, 6) is -3.12. The number of phenols is 3. The van der Waals surface area contributed by atoms with Crippen LogP contribution in [0.5, 0.6) is 17.2 Å². The summed E-state index contributed by atoms with van der Waals surface area (Å²) in [7, 11) is -21.4. The van der Waals surface area contributed by atoms with Crippen LogP contribution in [-0.4, -0.2) is 67.2 Å². The summed E-state index contributed by atoms with van der Waals surface area (Å²) in [5, 5.41) is 36.1. The maximum Gasteiger partial charge on any atom is 0.298 e. The third-order valence-electron chi connectivity index (χ3n) is 5.50. The molecule has 0 spiro atoms. The number of rotatable bonds is 6. The first kappa shape index (κ1) is 30.0. The number of phenolic OH excluding ortho intramolecular Hbond substituents is 3. The summed E-state index contributed by atoms with van der Waals surface area (Å²) in [6, 6.07) is 5.40. The van der Waals surface area contributed by atoms with Crippen LogP contribution in [0.2, 0.25) is 0 Å². The highest BCUT2D eigenvalue weighted by Gasteiger charge is 2.32. The van der Waals surface area contributed by atoms with E-state index in [0.29, 0.717) is 24.3 Å². The second kappa shape index (κ2) is 9.56. The van der Waals surface area contributed by atoms with E-state index in [9.17, 15) is 67.2 Å². The Morgan fingerprint density at radius 3 is 1.63 bits per heavy atom. The molecule has 0 atom stereocenters. The zero-order valence-electron chi connectivity index (χ0n) is 19.5. The number of azo groups is 1. The Labute approximate surface area is 229 Å². The van der Waals surface area contributed by atoms with Gasteiger partial charge in [-0.05, 0) is 35.0 Å². The molecule has 4 rings (SSSR count). The number of nitrogens with zero attached hydrogens (tertiary/aromatic N) is 2. The molecule has 0 aliphatic rings. The lowest BCUT2D eigenvalue weighted by molar-refractivity contribution is 0.457. The highest BCUT2D eigenvalue weighted by atomic mass is 32.2. The van der Waals surface area contributed by atoms with Gasteiger partial charge in [-0.15, -0.1) is 10.2 Å². The molecule has 0 aliphatic carbocycles. The van der Waals surface area contributed by atoms with Crippen molar-refractivity contribution in [1.29, 1.82) is 0 Å². The highest BCUT2D eigenvalue weighted by Crippen LogP contribution is 2.47. The Bertz CT molecular complexity index is 2280. The van der Waals surface area contributed by atoms with Crippen molar-refractivity contribution >= 4 is 73.4 Å². The van der Waals surface area contributed by atoms with Gasteiger partial charge in [0.15, 0.2) is 5.75 Å². The predicted molar refractivity (Wildman–Crippen MR) is 136 cm³/mol. The van der Waals surface area contributed by atoms with E-state index >= 15 is 0 Å². The van der Waals surface area contributed by atoms with Crippen molar-refractivity contribution in [2.24, 2.45) is 10.2 Å². The minimum Gasteiger partial charge on any atom is -0.507 e. The van der Waals surface area contributed by atoms with Crippen molar-refractivity contribution in [3.8, 4) is 17.2 Å². The predicted octanol–water partition coefficient (Wildman–Crippen LogP) is 2.51. The molecule has 0 heterocycles. The number of aromatic hydroxyl groups is 3. The van der Waals surface area contributed by atoms with E-state index < -0.39 is 105 Å². The van der Waals surface area contributed by atoms with Crippen molar-refractivity contribution in [3.05, 3.63) is 42.5 Å².